The van der Waals surface area contributed by atoms with E-state index in [0.717, 1.165) is 25.7 Å². The molecule has 0 amide bonds. The number of esters is 1. The molecule has 0 spiro atoms. The smallest absolute Gasteiger partial charge is 0.337 e. The van der Waals surface area contributed by atoms with Gasteiger partial charge < -0.3 is 4.74 Å². The minimum atomic E-state index is -0.189. The summed E-state index contributed by atoms with van der Waals surface area (Å²) in [4.78, 5) is 12.4. The van der Waals surface area contributed by atoms with Crippen LogP contribution in [0.4, 0.5) is 0 Å². The van der Waals surface area contributed by atoms with Crippen molar-refractivity contribution in [1.29, 1.82) is 0 Å². The summed E-state index contributed by atoms with van der Waals surface area (Å²) in [5, 5.41) is 0. The third kappa shape index (κ3) is 31.7. The number of allylic oxidation sites excluding steroid dienone is 1. The molecule has 0 unspecified atom stereocenters. The predicted molar refractivity (Wildman–Crippen MR) is 184 cm³/mol. The summed E-state index contributed by atoms with van der Waals surface area (Å²) < 4.78 is 5.51. The Balaban J connectivity index is 3.46. The van der Waals surface area contributed by atoms with Crippen molar-refractivity contribution in [3.63, 3.8) is 0 Å². The zero-order valence-electron chi connectivity index (χ0n) is 28.3. The average molecular weight is 575 g/mol. The highest BCUT2D eigenvalue weighted by atomic mass is 16.5. The molecule has 2 heteroatoms. The first-order valence-corrected chi connectivity index (χ1v) is 18.8. The van der Waals surface area contributed by atoms with Crippen LogP contribution in [0.3, 0.4) is 0 Å². The molecule has 242 valence electrons. The number of hydrogen-bond donors (Lipinski definition) is 0. The summed E-state index contributed by atoms with van der Waals surface area (Å²) >= 11 is 0. The lowest BCUT2D eigenvalue weighted by Gasteiger charge is -2.06. The van der Waals surface area contributed by atoms with Crippen LogP contribution in [-0.2, 0) is 9.53 Å². The number of rotatable bonds is 34. The molecule has 0 fully saturated rings. The molecule has 0 saturated carbocycles. The molecular weight excluding hydrogens is 500 g/mol. The van der Waals surface area contributed by atoms with Crippen LogP contribution in [0.2, 0.25) is 0 Å². The minimum Gasteiger partial charge on any atom is -0.462 e. The van der Waals surface area contributed by atoms with E-state index in [1.165, 1.54) is 173 Å². The van der Waals surface area contributed by atoms with Crippen molar-refractivity contribution < 1.29 is 9.53 Å². The van der Waals surface area contributed by atoms with E-state index in [1.807, 2.05) is 6.08 Å². The number of carbonyl (C=O) groups excluding carboxylic acids is 1. The first-order chi connectivity index (χ1) is 20.3. The minimum absolute atomic E-state index is 0.189. The molecule has 0 aliphatic rings. The van der Waals surface area contributed by atoms with Crippen LogP contribution in [0.15, 0.2) is 24.3 Å². The molecule has 2 nitrogen and oxygen atoms in total. The van der Waals surface area contributed by atoms with Gasteiger partial charge in [0.25, 0.3) is 0 Å². The standard InChI is InChI=1S/C39H74O2/c1-4-7-9-11-13-15-17-19-21-23-25-27-29-31-33-35-37-41-39(40)38(6-3)36-34-32-30-28-26-24-22-20-18-16-14-12-10-8-5-2/h6,36H,3-5,7-35,37H2,1-2H3/b38-36+. The van der Waals surface area contributed by atoms with Crippen LogP contribution in [-0.4, -0.2) is 12.6 Å². The van der Waals surface area contributed by atoms with Gasteiger partial charge in [-0.2, -0.15) is 0 Å². The summed E-state index contributed by atoms with van der Waals surface area (Å²) in [7, 11) is 0. The first kappa shape index (κ1) is 40.0. The van der Waals surface area contributed by atoms with E-state index < -0.39 is 0 Å². The zero-order chi connectivity index (χ0) is 29.9. The van der Waals surface area contributed by atoms with Crippen LogP contribution < -0.4 is 0 Å². The fourth-order valence-corrected chi connectivity index (χ4v) is 5.74. The Hall–Kier alpha value is -1.05. The van der Waals surface area contributed by atoms with Crippen molar-refractivity contribution in [1.82, 2.24) is 0 Å². The molecule has 0 N–H and O–H groups in total. The van der Waals surface area contributed by atoms with Crippen molar-refractivity contribution in [2.24, 2.45) is 0 Å². The summed E-state index contributed by atoms with van der Waals surface area (Å²) in [6, 6.07) is 0. The molecule has 0 saturated heterocycles. The van der Waals surface area contributed by atoms with Crippen LogP contribution in [0.1, 0.15) is 213 Å². The van der Waals surface area contributed by atoms with E-state index in [1.54, 1.807) is 6.08 Å². The van der Waals surface area contributed by atoms with Crippen molar-refractivity contribution in [3.8, 4) is 0 Å². The third-order valence-corrected chi connectivity index (χ3v) is 8.61. The number of hydrogen-bond acceptors (Lipinski definition) is 2. The number of carbonyl (C=O) groups is 1. The summed E-state index contributed by atoms with van der Waals surface area (Å²) in [6.07, 6.45) is 45.6. The van der Waals surface area contributed by atoms with Crippen molar-refractivity contribution in [2.45, 2.75) is 213 Å². The Morgan fingerprint density at radius 3 is 1.07 bits per heavy atom. The van der Waals surface area contributed by atoms with E-state index in [0.29, 0.717) is 12.2 Å². The van der Waals surface area contributed by atoms with E-state index in [4.69, 9.17) is 4.74 Å². The van der Waals surface area contributed by atoms with Gasteiger partial charge in [0.1, 0.15) is 0 Å². The fraction of sp³-hybridized carbons (Fsp3) is 0.872. The van der Waals surface area contributed by atoms with Crippen LogP contribution in [0, 0.1) is 0 Å². The highest BCUT2D eigenvalue weighted by Gasteiger charge is 2.07. The van der Waals surface area contributed by atoms with Gasteiger partial charge in [0.2, 0.25) is 0 Å². The maximum atomic E-state index is 12.4. The summed E-state index contributed by atoms with van der Waals surface area (Å²) in [5.41, 5.74) is 0.649. The van der Waals surface area contributed by atoms with Gasteiger partial charge in [-0.05, 0) is 19.3 Å². The monoisotopic (exact) mass is 575 g/mol. The average Bonchev–Trinajstić information content (AvgIpc) is 2.98. The van der Waals surface area contributed by atoms with Gasteiger partial charge in [0.15, 0.2) is 0 Å². The van der Waals surface area contributed by atoms with Crippen LogP contribution in [0.25, 0.3) is 0 Å². The van der Waals surface area contributed by atoms with Gasteiger partial charge in [-0.1, -0.05) is 212 Å². The Bertz CT molecular complexity index is 564. The largest absolute Gasteiger partial charge is 0.462 e. The first-order valence-electron chi connectivity index (χ1n) is 18.8. The Kier molecular flexibility index (Phi) is 34.2. The van der Waals surface area contributed by atoms with Crippen LogP contribution >= 0.6 is 0 Å². The van der Waals surface area contributed by atoms with E-state index >= 15 is 0 Å². The van der Waals surface area contributed by atoms with Gasteiger partial charge in [0, 0.05) is 0 Å². The van der Waals surface area contributed by atoms with E-state index in [2.05, 4.69) is 20.4 Å². The zero-order valence-corrected chi connectivity index (χ0v) is 28.3. The molecular formula is C39H74O2. The number of ether oxygens (including phenoxy) is 1. The maximum Gasteiger partial charge on any atom is 0.337 e. The second-order valence-corrected chi connectivity index (χ2v) is 12.7. The molecule has 0 aliphatic heterocycles. The van der Waals surface area contributed by atoms with E-state index in [-0.39, 0.29) is 5.97 Å². The van der Waals surface area contributed by atoms with Gasteiger partial charge in [-0.25, -0.2) is 4.79 Å². The Morgan fingerprint density at radius 1 is 0.463 bits per heavy atom. The molecule has 0 aromatic carbocycles. The quantitative estimate of drug-likeness (QED) is 0.0330. The molecule has 0 aliphatic carbocycles. The Morgan fingerprint density at radius 2 is 0.756 bits per heavy atom. The van der Waals surface area contributed by atoms with E-state index in [9.17, 15) is 4.79 Å². The van der Waals surface area contributed by atoms with Gasteiger partial charge in [-0.3, -0.25) is 0 Å². The Labute approximate surface area is 259 Å². The fourth-order valence-electron chi connectivity index (χ4n) is 5.74. The lowest BCUT2D eigenvalue weighted by atomic mass is 10.0. The summed E-state index contributed by atoms with van der Waals surface area (Å²) in [5.74, 6) is -0.189. The number of unbranched alkanes of at least 4 members (excludes halogenated alkanes) is 29. The normalized spacial score (nSPS) is 11.7. The lowest BCUT2D eigenvalue weighted by Crippen LogP contribution is -2.07. The second-order valence-electron chi connectivity index (χ2n) is 12.7. The predicted octanol–water partition coefficient (Wildman–Crippen LogP) is 13.8. The van der Waals surface area contributed by atoms with Gasteiger partial charge >= 0.3 is 5.97 Å². The van der Waals surface area contributed by atoms with Crippen molar-refractivity contribution in [3.05, 3.63) is 24.3 Å². The lowest BCUT2D eigenvalue weighted by molar-refractivity contribution is -0.138. The van der Waals surface area contributed by atoms with Crippen molar-refractivity contribution in [2.75, 3.05) is 6.61 Å². The highest BCUT2D eigenvalue weighted by Crippen LogP contribution is 2.15. The molecule has 41 heavy (non-hydrogen) atoms. The molecule has 0 heterocycles. The molecule has 0 radical (unpaired) electrons. The third-order valence-electron chi connectivity index (χ3n) is 8.61. The molecule has 0 rings (SSSR count). The summed E-state index contributed by atoms with van der Waals surface area (Å²) in [6.45, 7) is 8.95. The molecule has 0 aromatic rings. The highest BCUT2D eigenvalue weighted by molar-refractivity contribution is 5.91. The van der Waals surface area contributed by atoms with Crippen LogP contribution in [0.5, 0.6) is 0 Å². The maximum absolute atomic E-state index is 12.4. The topological polar surface area (TPSA) is 26.3 Å². The van der Waals surface area contributed by atoms with Crippen molar-refractivity contribution >= 4 is 5.97 Å². The SMILES string of the molecule is C=C/C(=C\CCCCCCCCCCCCCCCC)C(=O)OCCCCCCCCCCCCCCCCCC. The van der Waals surface area contributed by atoms with Gasteiger partial charge in [0.05, 0.1) is 12.2 Å². The molecule has 0 atom stereocenters. The second kappa shape index (κ2) is 35.1. The van der Waals surface area contributed by atoms with Gasteiger partial charge in [-0.15, -0.1) is 0 Å². The molecule has 0 bridgehead atoms. The molecule has 0 aromatic heterocycles.